The second kappa shape index (κ2) is 3.25. The molecule has 0 saturated carbocycles. The zero-order chi connectivity index (χ0) is 12.2. The molecule has 88 valence electrons. The first-order valence-electron chi connectivity index (χ1n) is 6.30. The summed E-state index contributed by atoms with van der Waals surface area (Å²) in [6, 6.07) is 8.72. The van der Waals surface area contributed by atoms with E-state index in [4.69, 9.17) is 0 Å². The molecule has 1 nitrogen and oxygen atoms in total. The minimum absolute atomic E-state index is 0.127. The van der Waals surface area contributed by atoms with Gasteiger partial charge in [0.1, 0.15) is 0 Å². The molecule has 0 saturated heterocycles. The van der Waals surface area contributed by atoms with E-state index >= 15 is 0 Å². The van der Waals surface area contributed by atoms with Crippen molar-refractivity contribution in [3.8, 4) is 0 Å². The molecule has 1 heteroatoms. The number of aromatic nitrogens is 1. The maximum atomic E-state index is 4.05. The first kappa shape index (κ1) is 10.6. The molecule has 1 aliphatic rings. The minimum Gasteiger partial charge on any atom is -0.347 e. The van der Waals surface area contributed by atoms with E-state index in [1.54, 1.807) is 0 Å². The van der Waals surface area contributed by atoms with Gasteiger partial charge in [-0.3, -0.25) is 0 Å². The Bertz CT molecular complexity index is 605. The molecular weight excluding hydrogens is 206 g/mol. The lowest BCUT2D eigenvalue weighted by atomic mass is 9.86. The van der Waals surface area contributed by atoms with Crippen LogP contribution >= 0.6 is 0 Å². The van der Waals surface area contributed by atoms with E-state index in [0.717, 1.165) is 0 Å². The highest BCUT2D eigenvalue weighted by molar-refractivity contribution is 5.87. The van der Waals surface area contributed by atoms with Crippen molar-refractivity contribution < 1.29 is 0 Å². The molecular formula is C16H19N. The molecule has 0 fully saturated rings. The van der Waals surface area contributed by atoms with Crippen LogP contribution < -0.4 is 0 Å². The van der Waals surface area contributed by atoms with Gasteiger partial charge in [0, 0.05) is 29.1 Å². The summed E-state index contributed by atoms with van der Waals surface area (Å²) in [7, 11) is 2.18. The van der Waals surface area contributed by atoms with E-state index in [1.807, 2.05) is 0 Å². The van der Waals surface area contributed by atoms with E-state index in [9.17, 15) is 0 Å². The highest BCUT2D eigenvalue weighted by atomic mass is 15.0. The predicted octanol–water partition coefficient (Wildman–Crippen LogP) is 4.13. The maximum Gasteiger partial charge on any atom is 0.0483 e. The van der Waals surface area contributed by atoms with Crippen LogP contribution in [0, 0.1) is 0 Å². The van der Waals surface area contributed by atoms with Gasteiger partial charge in [-0.25, -0.2) is 0 Å². The summed E-state index contributed by atoms with van der Waals surface area (Å²) < 4.78 is 2.36. The molecule has 2 atom stereocenters. The number of allylic oxidation sites excluding steroid dienone is 1. The summed E-state index contributed by atoms with van der Waals surface area (Å²) in [5, 5.41) is 1.42. The van der Waals surface area contributed by atoms with Crippen LogP contribution in [0.3, 0.4) is 0 Å². The van der Waals surface area contributed by atoms with Crippen LogP contribution in [0.5, 0.6) is 0 Å². The van der Waals surface area contributed by atoms with E-state index in [2.05, 4.69) is 62.4 Å². The van der Waals surface area contributed by atoms with Gasteiger partial charge in [0.05, 0.1) is 0 Å². The monoisotopic (exact) mass is 225 g/mol. The summed E-state index contributed by atoms with van der Waals surface area (Å²) in [5.41, 5.74) is 4.46. The highest BCUT2D eigenvalue weighted by Gasteiger charge is 2.40. The lowest BCUT2D eigenvalue weighted by Crippen LogP contribution is -2.18. The summed E-state index contributed by atoms with van der Waals surface area (Å²) in [6.45, 7) is 8.69. The van der Waals surface area contributed by atoms with Crippen LogP contribution in [0.2, 0.25) is 0 Å². The number of nitrogens with zero attached hydrogens (tertiary/aromatic N) is 1. The number of rotatable bonds is 1. The average Bonchev–Trinajstić information content (AvgIpc) is 2.77. The molecule has 0 radical (unpaired) electrons. The second-order valence-corrected chi connectivity index (χ2v) is 5.57. The van der Waals surface area contributed by atoms with Crippen molar-refractivity contribution in [2.75, 3.05) is 0 Å². The maximum absolute atomic E-state index is 4.05. The Morgan fingerprint density at radius 1 is 1.41 bits per heavy atom. The predicted molar refractivity (Wildman–Crippen MR) is 73.5 cm³/mol. The Morgan fingerprint density at radius 3 is 2.82 bits per heavy atom. The van der Waals surface area contributed by atoms with Gasteiger partial charge in [-0.2, -0.15) is 0 Å². The van der Waals surface area contributed by atoms with Gasteiger partial charge in [0.25, 0.3) is 0 Å². The van der Waals surface area contributed by atoms with E-state index in [0.29, 0.717) is 5.92 Å². The summed E-state index contributed by atoms with van der Waals surface area (Å²) in [5.74, 6) is 0.624. The zero-order valence-electron chi connectivity index (χ0n) is 10.8. The Hall–Kier alpha value is -1.50. The third kappa shape index (κ3) is 1.20. The van der Waals surface area contributed by atoms with Crippen molar-refractivity contribution in [2.24, 2.45) is 7.05 Å². The molecule has 1 aromatic carbocycles. The first-order valence-corrected chi connectivity index (χ1v) is 6.30. The van der Waals surface area contributed by atoms with Gasteiger partial charge in [-0.1, -0.05) is 38.1 Å². The van der Waals surface area contributed by atoms with Gasteiger partial charge in [-0.15, -0.1) is 6.58 Å². The van der Waals surface area contributed by atoms with E-state index < -0.39 is 0 Å². The third-order valence-electron chi connectivity index (χ3n) is 4.36. The van der Waals surface area contributed by atoms with Gasteiger partial charge in [0.2, 0.25) is 0 Å². The average molecular weight is 225 g/mol. The van der Waals surface area contributed by atoms with Crippen molar-refractivity contribution in [3.05, 3.63) is 48.2 Å². The highest BCUT2D eigenvalue weighted by Crippen LogP contribution is 2.50. The van der Waals surface area contributed by atoms with Crippen molar-refractivity contribution in [1.82, 2.24) is 4.57 Å². The Labute approximate surface area is 103 Å². The smallest absolute Gasteiger partial charge is 0.0483 e. The topological polar surface area (TPSA) is 4.93 Å². The quantitative estimate of drug-likeness (QED) is 0.643. The Morgan fingerprint density at radius 2 is 2.12 bits per heavy atom. The molecule has 3 rings (SSSR count). The summed E-state index contributed by atoms with van der Waals surface area (Å²) in [4.78, 5) is 0. The summed E-state index contributed by atoms with van der Waals surface area (Å²) >= 11 is 0. The number of fused-ring (bicyclic) bond motifs is 3. The van der Waals surface area contributed by atoms with Crippen molar-refractivity contribution in [2.45, 2.75) is 31.6 Å². The van der Waals surface area contributed by atoms with Crippen molar-refractivity contribution >= 4 is 10.9 Å². The van der Waals surface area contributed by atoms with Crippen LogP contribution in [-0.4, -0.2) is 4.57 Å². The standard InChI is InChI=1S/C16H19N/c1-5-16(3)10-11(2)14-12-8-6-7-9-13(12)17(4)15(14)16/h5-9,11H,1,10H2,2-4H3. The fraction of sp³-hybridized carbons (Fsp3) is 0.375. The summed E-state index contributed by atoms with van der Waals surface area (Å²) in [6.07, 6.45) is 3.30. The lowest BCUT2D eigenvalue weighted by Gasteiger charge is -2.22. The van der Waals surface area contributed by atoms with Crippen molar-refractivity contribution in [1.29, 1.82) is 0 Å². The number of hydrogen-bond acceptors (Lipinski definition) is 0. The molecule has 17 heavy (non-hydrogen) atoms. The van der Waals surface area contributed by atoms with E-state index in [-0.39, 0.29) is 5.41 Å². The van der Waals surface area contributed by atoms with Crippen LogP contribution in [-0.2, 0) is 12.5 Å². The van der Waals surface area contributed by atoms with Crippen LogP contribution in [0.15, 0.2) is 36.9 Å². The molecule has 0 N–H and O–H groups in total. The molecule has 0 amide bonds. The Kier molecular flexibility index (Phi) is 2.04. The lowest BCUT2D eigenvalue weighted by molar-refractivity contribution is 0.523. The normalized spacial score (nSPS) is 27.4. The van der Waals surface area contributed by atoms with Gasteiger partial charge < -0.3 is 4.57 Å². The fourth-order valence-corrected chi connectivity index (χ4v) is 3.63. The molecule has 1 aliphatic carbocycles. The first-order chi connectivity index (χ1) is 8.08. The number of hydrogen-bond donors (Lipinski definition) is 0. The largest absolute Gasteiger partial charge is 0.347 e. The van der Waals surface area contributed by atoms with Gasteiger partial charge >= 0.3 is 0 Å². The van der Waals surface area contributed by atoms with Gasteiger partial charge in [-0.05, 0) is 24.0 Å². The van der Waals surface area contributed by atoms with Gasteiger partial charge in [0.15, 0.2) is 0 Å². The fourth-order valence-electron chi connectivity index (χ4n) is 3.63. The molecule has 0 spiro atoms. The molecule has 0 bridgehead atoms. The van der Waals surface area contributed by atoms with E-state index in [1.165, 1.54) is 28.6 Å². The Balaban J connectivity index is 2.45. The number of para-hydroxylation sites is 1. The van der Waals surface area contributed by atoms with Crippen molar-refractivity contribution in [3.63, 3.8) is 0 Å². The van der Waals surface area contributed by atoms with Crippen LogP contribution in [0.1, 0.15) is 37.4 Å². The number of aryl methyl sites for hydroxylation is 1. The molecule has 1 heterocycles. The molecule has 0 aliphatic heterocycles. The zero-order valence-corrected chi connectivity index (χ0v) is 10.8. The number of benzene rings is 1. The second-order valence-electron chi connectivity index (χ2n) is 5.57. The SMILES string of the molecule is C=CC1(C)CC(C)c2c1n(C)c1ccccc21. The van der Waals surface area contributed by atoms with Crippen LogP contribution in [0.4, 0.5) is 0 Å². The molecule has 2 unspecified atom stereocenters. The molecule has 2 aromatic rings. The minimum atomic E-state index is 0.127. The third-order valence-corrected chi connectivity index (χ3v) is 4.36. The molecule has 1 aromatic heterocycles. The van der Waals surface area contributed by atoms with Crippen LogP contribution in [0.25, 0.3) is 10.9 Å².